The molecule has 0 amide bonds. The highest BCUT2D eigenvalue weighted by atomic mass is 32.1. The van der Waals surface area contributed by atoms with E-state index in [1.54, 1.807) is 22.7 Å². The highest BCUT2D eigenvalue weighted by molar-refractivity contribution is 7.26. The Labute approximate surface area is 84.7 Å². The Balaban J connectivity index is 2.43. The maximum absolute atomic E-state index is 5.39. The Hall–Kier alpha value is -0.680. The average molecular weight is 210 g/mol. The Morgan fingerprint density at radius 1 is 1.54 bits per heavy atom. The maximum atomic E-state index is 5.39. The molecule has 13 heavy (non-hydrogen) atoms. The Morgan fingerprint density at radius 3 is 3.00 bits per heavy atom. The van der Waals surface area contributed by atoms with Crippen molar-refractivity contribution < 1.29 is 0 Å². The summed E-state index contributed by atoms with van der Waals surface area (Å²) in [5.41, 5.74) is 2.72. The Morgan fingerprint density at radius 2 is 2.38 bits per heavy atom. The van der Waals surface area contributed by atoms with Gasteiger partial charge in [0.1, 0.15) is 0 Å². The molecule has 0 bridgehead atoms. The molecule has 0 saturated heterocycles. The Bertz CT molecular complexity index is 387. The van der Waals surface area contributed by atoms with Gasteiger partial charge in [-0.15, -0.1) is 29.3 Å². The molecule has 2 heterocycles. The standard InChI is InChI=1S/C9H10N2S2/c1-2-6(11-10)8-5-9-7(13-8)3-4-12-9/h2-6,11H,1,10H2. The summed E-state index contributed by atoms with van der Waals surface area (Å²) in [5, 5.41) is 2.10. The molecule has 0 radical (unpaired) electrons. The van der Waals surface area contributed by atoms with Crippen molar-refractivity contribution >= 4 is 32.1 Å². The summed E-state index contributed by atoms with van der Waals surface area (Å²) in [7, 11) is 0. The number of nitrogens with two attached hydrogens (primary N) is 1. The van der Waals surface area contributed by atoms with Gasteiger partial charge in [-0.05, 0) is 17.5 Å². The first-order valence-electron chi connectivity index (χ1n) is 3.91. The predicted octanol–water partition coefficient (Wildman–Crippen LogP) is 2.65. The summed E-state index contributed by atoms with van der Waals surface area (Å²) in [4.78, 5) is 1.22. The lowest BCUT2D eigenvalue weighted by molar-refractivity contribution is 0.667. The van der Waals surface area contributed by atoms with Gasteiger partial charge in [-0.2, -0.15) is 0 Å². The van der Waals surface area contributed by atoms with Crippen molar-refractivity contribution in [2.75, 3.05) is 0 Å². The van der Waals surface area contributed by atoms with Crippen LogP contribution in [0.2, 0.25) is 0 Å². The van der Waals surface area contributed by atoms with Gasteiger partial charge in [0.25, 0.3) is 0 Å². The number of nitrogens with one attached hydrogen (secondary N) is 1. The van der Waals surface area contributed by atoms with Crippen molar-refractivity contribution in [2.24, 2.45) is 5.84 Å². The molecule has 1 unspecified atom stereocenters. The van der Waals surface area contributed by atoms with Crippen LogP contribution >= 0.6 is 22.7 Å². The van der Waals surface area contributed by atoms with Gasteiger partial charge >= 0.3 is 0 Å². The van der Waals surface area contributed by atoms with Gasteiger partial charge in [-0.1, -0.05) is 6.08 Å². The molecule has 2 rings (SSSR count). The summed E-state index contributed by atoms with van der Waals surface area (Å²) < 4.78 is 2.64. The SMILES string of the molecule is C=CC(NN)c1cc2sccc2s1. The zero-order valence-electron chi connectivity index (χ0n) is 6.99. The lowest BCUT2D eigenvalue weighted by atomic mass is 10.2. The molecular formula is C9H10N2S2. The van der Waals surface area contributed by atoms with Crippen LogP contribution in [0, 0.1) is 0 Å². The summed E-state index contributed by atoms with van der Waals surface area (Å²) >= 11 is 3.51. The highest BCUT2D eigenvalue weighted by Crippen LogP contribution is 2.33. The molecule has 3 N–H and O–H groups in total. The van der Waals surface area contributed by atoms with Crippen molar-refractivity contribution in [3.8, 4) is 0 Å². The first-order valence-corrected chi connectivity index (χ1v) is 5.60. The molecule has 1 atom stereocenters. The third-order valence-corrected chi connectivity index (χ3v) is 4.06. The molecule has 2 nitrogen and oxygen atoms in total. The molecule has 0 aliphatic carbocycles. The van der Waals surface area contributed by atoms with Crippen LogP contribution in [0.5, 0.6) is 0 Å². The minimum Gasteiger partial charge on any atom is -0.271 e. The second-order valence-electron chi connectivity index (χ2n) is 2.68. The molecule has 68 valence electrons. The van der Waals surface area contributed by atoms with E-state index >= 15 is 0 Å². The fourth-order valence-electron chi connectivity index (χ4n) is 1.20. The lowest BCUT2D eigenvalue weighted by Gasteiger charge is -2.06. The van der Waals surface area contributed by atoms with Crippen LogP contribution in [0.3, 0.4) is 0 Å². The quantitative estimate of drug-likeness (QED) is 0.464. The molecule has 0 spiro atoms. The van der Waals surface area contributed by atoms with E-state index in [0.29, 0.717) is 0 Å². The topological polar surface area (TPSA) is 38.0 Å². The van der Waals surface area contributed by atoms with Crippen molar-refractivity contribution in [3.05, 3.63) is 35.0 Å². The second kappa shape index (κ2) is 3.59. The van der Waals surface area contributed by atoms with Crippen molar-refractivity contribution in [1.29, 1.82) is 0 Å². The van der Waals surface area contributed by atoms with Gasteiger partial charge in [-0.3, -0.25) is 5.84 Å². The summed E-state index contributed by atoms with van der Waals surface area (Å²) in [6, 6.07) is 4.37. The van der Waals surface area contributed by atoms with Gasteiger partial charge in [-0.25, -0.2) is 5.43 Å². The lowest BCUT2D eigenvalue weighted by Crippen LogP contribution is -2.25. The molecular weight excluding hydrogens is 200 g/mol. The number of hydrogen-bond donors (Lipinski definition) is 2. The smallest absolute Gasteiger partial charge is 0.0731 e. The van der Waals surface area contributed by atoms with Gasteiger partial charge in [0, 0.05) is 14.3 Å². The Kier molecular flexibility index (Phi) is 2.46. The maximum Gasteiger partial charge on any atom is 0.0731 e. The fourth-order valence-corrected chi connectivity index (χ4v) is 3.38. The van der Waals surface area contributed by atoms with Crippen molar-refractivity contribution in [1.82, 2.24) is 5.43 Å². The molecule has 2 aromatic heterocycles. The van der Waals surface area contributed by atoms with Crippen LogP contribution in [0.25, 0.3) is 9.40 Å². The first kappa shape index (κ1) is 8.90. The van der Waals surface area contributed by atoms with E-state index in [1.807, 2.05) is 6.08 Å². The van der Waals surface area contributed by atoms with Crippen LogP contribution in [0.1, 0.15) is 10.9 Å². The largest absolute Gasteiger partial charge is 0.271 e. The molecule has 0 aromatic carbocycles. The normalized spacial score (nSPS) is 13.3. The first-order chi connectivity index (χ1) is 6.35. The molecule has 4 heteroatoms. The van der Waals surface area contributed by atoms with E-state index in [0.717, 1.165) is 0 Å². The summed E-state index contributed by atoms with van der Waals surface area (Å²) in [6.07, 6.45) is 1.81. The van der Waals surface area contributed by atoms with Gasteiger partial charge in [0.15, 0.2) is 0 Å². The van der Waals surface area contributed by atoms with Crippen LogP contribution in [-0.4, -0.2) is 0 Å². The van der Waals surface area contributed by atoms with Crippen LogP contribution in [0.15, 0.2) is 30.2 Å². The van der Waals surface area contributed by atoms with E-state index in [4.69, 9.17) is 5.84 Å². The van der Waals surface area contributed by atoms with E-state index in [2.05, 4.69) is 29.5 Å². The van der Waals surface area contributed by atoms with Crippen LogP contribution < -0.4 is 11.3 Å². The van der Waals surface area contributed by atoms with E-state index < -0.39 is 0 Å². The average Bonchev–Trinajstić information content (AvgIpc) is 2.65. The fraction of sp³-hybridized carbons (Fsp3) is 0.111. The molecule has 0 fully saturated rings. The number of fused-ring (bicyclic) bond motifs is 1. The summed E-state index contributed by atoms with van der Waals surface area (Å²) in [5.74, 6) is 5.39. The minimum atomic E-state index is 0.0737. The van der Waals surface area contributed by atoms with Crippen LogP contribution in [-0.2, 0) is 0 Å². The number of rotatable bonds is 3. The van der Waals surface area contributed by atoms with E-state index in [-0.39, 0.29) is 6.04 Å². The van der Waals surface area contributed by atoms with Crippen molar-refractivity contribution in [3.63, 3.8) is 0 Å². The third kappa shape index (κ3) is 1.53. The predicted molar refractivity (Wildman–Crippen MR) is 60.0 cm³/mol. The zero-order chi connectivity index (χ0) is 9.26. The minimum absolute atomic E-state index is 0.0737. The molecule has 0 aliphatic heterocycles. The molecule has 0 saturated carbocycles. The summed E-state index contributed by atoms with van der Waals surface area (Å²) in [6.45, 7) is 3.73. The number of hydrazine groups is 1. The van der Waals surface area contributed by atoms with E-state index in [1.165, 1.54) is 14.3 Å². The number of hydrogen-bond acceptors (Lipinski definition) is 4. The molecule has 0 aliphatic rings. The molecule has 2 aromatic rings. The van der Waals surface area contributed by atoms with Crippen molar-refractivity contribution in [2.45, 2.75) is 6.04 Å². The number of thiophene rings is 2. The second-order valence-corrected chi connectivity index (χ2v) is 4.74. The van der Waals surface area contributed by atoms with Gasteiger partial charge < -0.3 is 0 Å². The van der Waals surface area contributed by atoms with E-state index in [9.17, 15) is 0 Å². The zero-order valence-corrected chi connectivity index (χ0v) is 8.62. The third-order valence-electron chi connectivity index (χ3n) is 1.88. The highest BCUT2D eigenvalue weighted by Gasteiger charge is 2.09. The van der Waals surface area contributed by atoms with Gasteiger partial charge in [0.05, 0.1) is 6.04 Å². The van der Waals surface area contributed by atoms with Gasteiger partial charge in [0.2, 0.25) is 0 Å². The van der Waals surface area contributed by atoms with Crippen LogP contribution in [0.4, 0.5) is 0 Å². The monoisotopic (exact) mass is 210 g/mol.